The van der Waals surface area contributed by atoms with Crippen molar-refractivity contribution in [2.75, 3.05) is 66.1 Å². The lowest BCUT2D eigenvalue weighted by molar-refractivity contribution is 0.0761. The maximum atomic E-state index is 9.97. The smallest absolute Gasteiger partial charge is 0.158 e. The first-order valence-corrected chi connectivity index (χ1v) is 24.4. The topological polar surface area (TPSA) is 169 Å². The normalized spacial score (nSPS) is 10.8. The Bertz CT molecular complexity index is 2760. The molecule has 0 saturated carbocycles. The Morgan fingerprint density at radius 3 is 1.01 bits per heavy atom. The van der Waals surface area contributed by atoms with Crippen LogP contribution in [-0.4, -0.2) is 66.1 Å². The van der Waals surface area contributed by atoms with E-state index in [-0.39, 0.29) is 118 Å². The number of rotatable bonds is 27. The lowest BCUT2D eigenvalue weighted by Gasteiger charge is -2.20. The van der Waals surface area contributed by atoms with Crippen molar-refractivity contribution in [3.63, 3.8) is 0 Å². The van der Waals surface area contributed by atoms with Crippen molar-refractivity contribution < 1.29 is 37.9 Å². The van der Waals surface area contributed by atoms with Crippen LogP contribution in [0.25, 0.3) is 32.7 Å². The molecule has 0 aliphatic carbocycles. The van der Waals surface area contributed by atoms with Crippen molar-refractivity contribution in [2.45, 2.75) is 52.4 Å². The van der Waals surface area contributed by atoms with Gasteiger partial charge in [-0.1, -0.05) is 147 Å². The fraction of sp³-hybridized carbons (Fsp3) is 0.333. The van der Waals surface area contributed by atoms with Crippen LogP contribution in [0.4, 0.5) is 0 Å². The van der Waals surface area contributed by atoms with Gasteiger partial charge in [0.2, 0.25) is 0 Å². The van der Waals surface area contributed by atoms with E-state index < -0.39 is 0 Å². The molecule has 0 bridgehead atoms. The highest BCUT2D eigenvalue weighted by Gasteiger charge is 2.27. The molecule has 6 aromatic carbocycles. The summed E-state index contributed by atoms with van der Waals surface area (Å²) >= 11 is 26.1. The average molecular weight is 1020 g/mol. The molecule has 6 rings (SSSR count). The molecule has 16 heteroatoms. The first-order chi connectivity index (χ1) is 34.2. The van der Waals surface area contributed by atoms with E-state index >= 15 is 0 Å². The molecular weight excluding hydrogens is 974 g/mol. The maximum absolute atomic E-state index is 9.97. The Morgan fingerprint density at radius 2 is 0.686 bits per heavy atom. The predicted molar refractivity (Wildman–Crippen MR) is 272 cm³/mol. The molecule has 0 fully saturated rings. The highest BCUT2D eigenvalue weighted by molar-refractivity contribution is 6.45. The van der Waals surface area contributed by atoms with Gasteiger partial charge in [0, 0.05) is 11.1 Å². The average Bonchev–Trinajstić information content (AvgIpc) is 3.38. The van der Waals surface area contributed by atoms with Gasteiger partial charge in [-0.3, -0.25) is 0 Å². The number of fused-ring (bicyclic) bond motifs is 2. The fourth-order valence-corrected chi connectivity index (χ4v) is 8.54. The van der Waals surface area contributed by atoms with Gasteiger partial charge < -0.3 is 37.9 Å². The third-order valence-electron chi connectivity index (χ3n) is 11.0. The molecule has 6 aromatic rings. The minimum absolute atomic E-state index is 0.00601. The van der Waals surface area contributed by atoms with Crippen LogP contribution in [0.5, 0.6) is 34.5 Å². The molecule has 0 radical (unpaired) electrons. The Balaban J connectivity index is 1.10. The number of halogens is 4. The molecule has 0 aliphatic heterocycles. The highest BCUT2D eigenvalue weighted by Crippen LogP contribution is 2.48. The van der Waals surface area contributed by atoms with E-state index in [1.165, 1.54) is 0 Å². The Kier molecular flexibility index (Phi) is 20.6. The van der Waals surface area contributed by atoms with Crippen molar-refractivity contribution in [3.8, 4) is 69.9 Å². The van der Waals surface area contributed by atoms with Crippen LogP contribution in [0.1, 0.15) is 74.6 Å². The standard InChI is InChI=1S/C54H50Cl4N4O8/c1-3-5-11-21-67-51-39(31-59)41(33-61)53(49(57)47(51)55)69-29-25-63-23-27-65-43-19-17-35-13-7-9-15-37(35)45(43)46-38-16-10-8-14-36(38)18-20-44(46)66-28-24-64-26-30-70-54-42(34-62)40(32-60)52(48(56)50(54)58)68-22-12-6-4-2/h7-10,13-20H,3-6,11-12,21-30H2,1-2H3. The first-order valence-electron chi connectivity index (χ1n) is 22.9. The lowest BCUT2D eigenvalue weighted by Crippen LogP contribution is -2.14. The van der Waals surface area contributed by atoms with Crippen LogP contribution in [0.15, 0.2) is 72.8 Å². The summed E-state index contributed by atoms with van der Waals surface area (Å²) < 4.78 is 48.0. The van der Waals surface area contributed by atoms with Crippen molar-refractivity contribution in [1.82, 2.24) is 0 Å². The van der Waals surface area contributed by atoms with Crippen LogP contribution < -0.4 is 28.4 Å². The molecule has 0 amide bonds. The van der Waals surface area contributed by atoms with E-state index in [4.69, 9.17) is 84.3 Å². The quantitative estimate of drug-likeness (QED) is 0.0448. The number of unbranched alkanes of at least 4 members (excludes halogenated alkanes) is 4. The Labute approximate surface area is 428 Å². The van der Waals surface area contributed by atoms with E-state index in [9.17, 15) is 21.0 Å². The molecule has 0 atom stereocenters. The number of benzene rings is 6. The van der Waals surface area contributed by atoms with Crippen LogP contribution in [0.2, 0.25) is 20.1 Å². The predicted octanol–water partition coefficient (Wildman–Crippen LogP) is 13.8. The van der Waals surface area contributed by atoms with Gasteiger partial charge in [0.1, 0.15) is 105 Å². The lowest BCUT2D eigenvalue weighted by atomic mass is 9.92. The number of nitrogens with zero attached hydrogens (tertiary/aromatic N) is 4. The molecule has 0 aliphatic rings. The summed E-state index contributed by atoms with van der Waals surface area (Å²) in [6.07, 6.45) is 5.37. The van der Waals surface area contributed by atoms with Crippen molar-refractivity contribution in [3.05, 3.63) is 115 Å². The second-order valence-corrected chi connectivity index (χ2v) is 17.1. The van der Waals surface area contributed by atoms with Gasteiger partial charge in [0.15, 0.2) is 23.0 Å². The largest absolute Gasteiger partial charge is 0.491 e. The van der Waals surface area contributed by atoms with E-state index in [0.29, 0.717) is 24.7 Å². The number of ether oxygens (including phenoxy) is 8. The highest BCUT2D eigenvalue weighted by atomic mass is 35.5. The second-order valence-electron chi connectivity index (χ2n) is 15.6. The van der Waals surface area contributed by atoms with Crippen LogP contribution in [0.3, 0.4) is 0 Å². The number of nitriles is 4. The third kappa shape index (κ3) is 12.7. The third-order valence-corrected chi connectivity index (χ3v) is 12.6. The zero-order chi connectivity index (χ0) is 49.8. The van der Waals surface area contributed by atoms with Gasteiger partial charge in [-0.05, 0) is 46.5 Å². The minimum atomic E-state index is -0.0604. The van der Waals surface area contributed by atoms with Gasteiger partial charge in [-0.2, -0.15) is 21.0 Å². The van der Waals surface area contributed by atoms with Crippen LogP contribution in [0, 0.1) is 45.3 Å². The van der Waals surface area contributed by atoms with Gasteiger partial charge in [-0.25, -0.2) is 0 Å². The summed E-state index contributed by atoms with van der Waals surface area (Å²) in [5.41, 5.74) is 1.48. The molecular formula is C54H50Cl4N4O8. The number of hydrogen-bond acceptors (Lipinski definition) is 12. The summed E-state index contributed by atoms with van der Waals surface area (Å²) in [5.74, 6) is 1.34. The summed E-state index contributed by atoms with van der Waals surface area (Å²) in [7, 11) is 0. The molecule has 0 saturated heterocycles. The molecule has 70 heavy (non-hydrogen) atoms. The van der Waals surface area contributed by atoms with Gasteiger partial charge in [-0.15, -0.1) is 0 Å². The Morgan fingerprint density at radius 1 is 0.371 bits per heavy atom. The van der Waals surface area contributed by atoms with Crippen LogP contribution in [-0.2, 0) is 9.47 Å². The van der Waals surface area contributed by atoms with E-state index in [0.717, 1.165) is 71.2 Å². The number of hydrogen-bond donors (Lipinski definition) is 0. The van der Waals surface area contributed by atoms with Crippen molar-refractivity contribution in [1.29, 1.82) is 21.0 Å². The summed E-state index contributed by atoms with van der Waals surface area (Å²) in [4.78, 5) is 0. The van der Waals surface area contributed by atoms with Gasteiger partial charge in [0.25, 0.3) is 0 Å². The monoisotopic (exact) mass is 1020 g/mol. The maximum Gasteiger partial charge on any atom is 0.158 e. The zero-order valence-electron chi connectivity index (χ0n) is 38.8. The zero-order valence-corrected chi connectivity index (χ0v) is 41.8. The minimum Gasteiger partial charge on any atom is -0.491 e. The van der Waals surface area contributed by atoms with E-state index in [1.54, 1.807) is 0 Å². The first kappa shape index (κ1) is 53.0. The van der Waals surface area contributed by atoms with E-state index in [2.05, 4.69) is 13.8 Å². The van der Waals surface area contributed by atoms with Crippen molar-refractivity contribution in [2.24, 2.45) is 0 Å². The van der Waals surface area contributed by atoms with Crippen molar-refractivity contribution >= 4 is 67.9 Å². The van der Waals surface area contributed by atoms with E-state index in [1.807, 2.05) is 97.1 Å². The van der Waals surface area contributed by atoms with Crippen LogP contribution >= 0.6 is 46.4 Å². The summed E-state index contributed by atoms with van der Waals surface area (Å²) in [5, 5.41) is 43.6. The fourth-order valence-electron chi connectivity index (χ4n) is 7.60. The van der Waals surface area contributed by atoms with Gasteiger partial charge in [0.05, 0.1) is 39.6 Å². The molecule has 0 aromatic heterocycles. The Hall–Kier alpha value is -6.32. The molecule has 0 spiro atoms. The molecule has 0 unspecified atom stereocenters. The molecule has 0 heterocycles. The summed E-state index contributed by atoms with van der Waals surface area (Å²) in [6, 6.07) is 32.0. The molecule has 362 valence electrons. The SMILES string of the molecule is CCCCCOc1c(Cl)c(Cl)c(OCCOCCOc2ccc3ccccc3c2-c2c(OCCOCCOc3c(Cl)c(Cl)c(OCCCCC)c(C#N)c3C#N)ccc3ccccc23)c(C#N)c1C#N. The summed E-state index contributed by atoms with van der Waals surface area (Å²) in [6.45, 7) is 5.79. The molecule has 0 N–H and O–H groups in total. The second kappa shape index (κ2) is 27.2. The molecule has 12 nitrogen and oxygen atoms in total. The van der Waals surface area contributed by atoms with Gasteiger partial charge >= 0.3 is 0 Å².